The Morgan fingerprint density at radius 2 is 1.88 bits per heavy atom. The largest absolute Gasteiger partial charge is 0.384 e. The highest BCUT2D eigenvalue weighted by molar-refractivity contribution is 14.1. The number of aromatic nitrogens is 2. The maximum absolute atomic E-state index is 12.5. The van der Waals surface area contributed by atoms with Crippen LogP contribution in [-0.2, 0) is 13.6 Å². The number of hydrogen-bond donors (Lipinski definition) is 2. The molecule has 2 aromatic rings. The molecule has 0 radical (unpaired) electrons. The molecule has 0 amide bonds. The van der Waals surface area contributed by atoms with Gasteiger partial charge in [0.2, 0.25) is 0 Å². The van der Waals surface area contributed by atoms with Crippen molar-refractivity contribution in [3.63, 3.8) is 0 Å². The molecule has 0 fully saturated rings. The molecule has 0 aliphatic carbocycles. The fraction of sp³-hybridized carbons (Fsp3) is 0.312. The summed E-state index contributed by atoms with van der Waals surface area (Å²) in [7, 11) is 1.35. The van der Waals surface area contributed by atoms with Crippen LogP contribution in [0.4, 0.5) is 11.5 Å². The highest BCUT2D eigenvalue weighted by atomic mass is 127. The number of nitrogens with zero attached hydrogens (tertiary/aromatic N) is 2. The van der Waals surface area contributed by atoms with Crippen molar-refractivity contribution in [1.82, 2.24) is 9.13 Å². The zero-order chi connectivity index (χ0) is 17.9. The minimum absolute atomic E-state index is 0.0700. The Balaban J connectivity index is 2.33. The highest BCUT2D eigenvalue weighted by Crippen LogP contribution is 2.12. The van der Waals surface area contributed by atoms with Gasteiger partial charge in [0.15, 0.2) is 5.78 Å². The minimum atomic E-state index is -0.667. The Kier molecular flexibility index (Phi) is 5.81. The molecule has 0 bridgehead atoms. The number of hydrogen-bond acceptors (Lipinski definition) is 5. The van der Waals surface area contributed by atoms with E-state index >= 15 is 0 Å². The van der Waals surface area contributed by atoms with E-state index in [1.54, 1.807) is 0 Å². The van der Waals surface area contributed by atoms with Crippen molar-refractivity contribution in [2.75, 3.05) is 17.6 Å². The number of nitrogen functional groups attached to an aromatic ring is 1. The maximum atomic E-state index is 12.5. The molecule has 3 N–H and O–H groups in total. The van der Waals surface area contributed by atoms with Crippen molar-refractivity contribution >= 4 is 39.9 Å². The summed E-state index contributed by atoms with van der Waals surface area (Å²) < 4.78 is 3.26. The van der Waals surface area contributed by atoms with Crippen molar-refractivity contribution in [3.8, 4) is 0 Å². The maximum Gasteiger partial charge on any atom is 0.332 e. The van der Waals surface area contributed by atoms with Gasteiger partial charge in [0, 0.05) is 22.8 Å². The molecule has 0 saturated heterocycles. The lowest BCUT2D eigenvalue weighted by Gasteiger charge is -2.14. The number of carbonyl (C=O) groups excluding carboxylic acids is 1. The van der Waals surface area contributed by atoms with Crippen LogP contribution < -0.4 is 22.3 Å². The minimum Gasteiger partial charge on any atom is -0.384 e. The first-order valence-corrected chi connectivity index (χ1v) is 8.56. The fourth-order valence-corrected chi connectivity index (χ4v) is 2.68. The topological polar surface area (TPSA) is 99.1 Å². The predicted octanol–water partition coefficient (Wildman–Crippen LogP) is 1.44. The van der Waals surface area contributed by atoms with E-state index < -0.39 is 17.0 Å². The molecule has 0 atom stereocenters. The van der Waals surface area contributed by atoms with Gasteiger partial charge in [-0.3, -0.25) is 18.7 Å². The highest BCUT2D eigenvalue weighted by Gasteiger charge is 2.20. The summed E-state index contributed by atoms with van der Waals surface area (Å²) in [6.45, 7) is 2.16. The van der Waals surface area contributed by atoms with E-state index in [1.165, 1.54) is 11.6 Å². The molecule has 0 saturated carbocycles. The van der Waals surface area contributed by atoms with Crippen molar-refractivity contribution in [1.29, 1.82) is 0 Å². The molecule has 128 valence electrons. The lowest BCUT2D eigenvalue weighted by molar-refractivity contribution is 0.100. The van der Waals surface area contributed by atoms with Crippen LogP contribution in [0.5, 0.6) is 0 Å². The predicted molar refractivity (Wildman–Crippen MR) is 103 cm³/mol. The summed E-state index contributed by atoms with van der Waals surface area (Å²) in [4.78, 5) is 36.9. The Morgan fingerprint density at radius 1 is 1.25 bits per heavy atom. The normalized spacial score (nSPS) is 10.6. The zero-order valence-corrected chi connectivity index (χ0v) is 15.7. The SMILES string of the molecule is CCCn1c(N)c(C(=O)CNc2ccc(I)cc2)c(=O)n(C)c1=O. The van der Waals surface area contributed by atoms with Gasteiger partial charge in [-0.25, -0.2) is 4.79 Å². The molecule has 1 aromatic heterocycles. The third-order valence-corrected chi connectivity index (χ3v) is 4.33. The summed E-state index contributed by atoms with van der Waals surface area (Å²) in [6.07, 6.45) is 0.664. The number of nitrogens with two attached hydrogens (primary N) is 1. The lowest BCUT2D eigenvalue weighted by atomic mass is 10.2. The molecule has 0 aliphatic heterocycles. The van der Waals surface area contributed by atoms with Gasteiger partial charge in [-0.05, 0) is 53.3 Å². The zero-order valence-electron chi connectivity index (χ0n) is 13.5. The molecule has 0 aliphatic rings. The molecular weight excluding hydrogens is 423 g/mol. The van der Waals surface area contributed by atoms with Crippen molar-refractivity contribution in [3.05, 3.63) is 54.2 Å². The Bertz CT molecular complexity index is 869. The third kappa shape index (κ3) is 3.69. The number of benzene rings is 1. The Morgan fingerprint density at radius 3 is 2.46 bits per heavy atom. The monoisotopic (exact) mass is 442 g/mol. The first kappa shape index (κ1) is 18.2. The van der Waals surface area contributed by atoms with E-state index in [1.807, 2.05) is 31.2 Å². The molecule has 1 heterocycles. The summed E-state index contributed by atoms with van der Waals surface area (Å²) in [5.41, 5.74) is 5.37. The standard InChI is InChI=1S/C16H19IN4O3/c1-3-8-21-14(18)13(15(23)20(2)16(21)24)12(22)9-19-11-6-4-10(17)5-7-11/h4-7,19H,3,8-9,18H2,1-2H3. The Labute approximate surface area is 152 Å². The van der Waals surface area contributed by atoms with Crippen LogP contribution in [0.25, 0.3) is 0 Å². The second-order valence-corrected chi connectivity index (χ2v) is 6.59. The van der Waals surface area contributed by atoms with Crippen LogP contribution in [0.1, 0.15) is 23.7 Å². The molecule has 7 nitrogen and oxygen atoms in total. The molecule has 0 unspecified atom stereocenters. The summed E-state index contributed by atoms with van der Waals surface area (Å²) in [5.74, 6) is -0.518. The van der Waals surface area contributed by atoms with E-state index in [9.17, 15) is 14.4 Å². The average molecular weight is 442 g/mol. The van der Waals surface area contributed by atoms with Gasteiger partial charge in [-0.15, -0.1) is 0 Å². The molecule has 8 heteroatoms. The van der Waals surface area contributed by atoms with E-state index in [2.05, 4.69) is 27.9 Å². The number of ketones is 1. The number of halogens is 1. The first-order chi connectivity index (χ1) is 11.4. The van der Waals surface area contributed by atoms with E-state index in [-0.39, 0.29) is 17.9 Å². The van der Waals surface area contributed by atoms with Crippen molar-refractivity contribution < 1.29 is 4.79 Å². The van der Waals surface area contributed by atoms with Gasteiger partial charge in [-0.1, -0.05) is 6.92 Å². The number of carbonyl (C=O) groups is 1. The summed E-state index contributed by atoms with van der Waals surface area (Å²) in [6, 6.07) is 7.49. The molecule has 24 heavy (non-hydrogen) atoms. The van der Waals surface area contributed by atoms with Gasteiger partial charge < -0.3 is 11.1 Å². The summed E-state index contributed by atoms with van der Waals surface area (Å²) in [5, 5.41) is 2.97. The van der Waals surface area contributed by atoms with Crippen LogP contribution >= 0.6 is 22.6 Å². The third-order valence-electron chi connectivity index (χ3n) is 3.61. The van der Waals surface area contributed by atoms with Crippen LogP contribution in [-0.4, -0.2) is 21.5 Å². The van der Waals surface area contributed by atoms with Crippen molar-refractivity contribution in [2.24, 2.45) is 7.05 Å². The summed E-state index contributed by atoms with van der Waals surface area (Å²) >= 11 is 2.19. The molecule has 0 spiro atoms. The van der Waals surface area contributed by atoms with Crippen LogP contribution in [0.2, 0.25) is 0 Å². The molecule has 1 aromatic carbocycles. The van der Waals surface area contributed by atoms with Gasteiger partial charge in [0.25, 0.3) is 5.56 Å². The number of rotatable bonds is 6. The second-order valence-electron chi connectivity index (χ2n) is 5.34. The number of anilines is 2. The van der Waals surface area contributed by atoms with Crippen LogP contribution in [0, 0.1) is 3.57 Å². The Hall–Kier alpha value is -2.10. The smallest absolute Gasteiger partial charge is 0.332 e. The fourth-order valence-electron chi connectivity index (χ4n) is 2.32. The van der Waals surface area contributed by atoms with E-state index in [0.29, 0.717) is 13.0 Å². The number of nitrogens with one attached hydrogen (secondary N) is 1. The van der Waals surface area contributed by atoms with Crippen molar-refractivity contribution in [2.45, 2.75) is 19.9 Å². The quantitative estimate of drug-likeness (QED) is 0.521. The van der Waals surface area contributed by atoms with E-state index in [0.717, 1.165) is 13.8 Å². The average Bonchev–Trinajstić information content (AvgIpc) is 2.56. The molecule has 2 rings (SSSR count). The van der Waals surface area contributed by atoms with Gasteiger partial charge in [-0.2, -0.15) is 0 Å². The number of Topliss-reactive ketones (excluding diaryl/α,β-unsaturated/α-hetero) is 1. The van der Waals surface area contributed by atoms with Crippen LogP contribution in [0.3, 0.4) is 0 Å². The molecular formula is C16H19IN4O3. The van der Waals surface area contributed by atoms with E-state index in [4.69, 9.17) is 5.73 Å². The first-order valence-electron chi connectivity index (χ1n) is 7.48. The van der Waals surface area contributed by atoms with Crippen LogP contribution in [0.15, 0.2) is 33.9 Å². The van der Waals surface area contributed by atoms with Gasteiger partial charge in [0.1, 0.15) is 11.4 Å². The van der Waals surface area contributed by atoms with Gasteiger partial charge in [0.05, 0.1) is 6.54 Å². The lowest BCUT2D eigenvalue weighted by Crippen LogP contribution is -2.43. The second kappa shape index (κ2) is 7.65. The van der Waals surface area contributed by atoms with Gasteiger partial charge >= 0.3 is 5.69 Å².